The smallest absolute Gasteiger partial charge is 0.251 e. The fourth-order valence-electron chi connectivity index (χ4n) is 1.73. The molecule has 21 heavy (non-hydrogen) atoms. The number of rotatable bonds is 4. The van der Waals surface area contributed by atoms with Gasteiger partial charge >= 0.3 is 0 Å². The van der Waals surface area contributed by atoms with Crippen molar-refractivity contribution in [1.29, 1.82) is 0 Å². The van der Waals surface area contributed by atoms with Gasteiger partial charge in [-0.25, -0.2) is 0 Å². The molecule has 0 aliphatic rings. The number of hydrogen-bond acceptors (Lipinski definition) is 3. The molecule has 6 heteroatoms. The minimum Gasteiger partial charge on any atom is -0.457 e. The number of nitrogens with one attached hydrogen (secondary N) is 2. The molecule has 0 bridgehead atoms. The zero-order valence-electron chi connectivity index (χ0n) is 11.4. The SMILES string of the molecule is CNC(=O)c1cccc(Oc2ccc(NC(N)=S)cc2)c1. The van der Waals surface area contributed by atoms with Crippen LogP contribution in [-0.4, -0.2) is 18.1 Å². The molecular weight excluding hydrogens is 286 g/mol. The van der Waals surface area contributed by atoms with Crippen LogP contribution < -0.4 is 21.1 Å². The summed E-state index contributed by atoms with van der Waals surface area (Å²) in [5.74, 6) is 1.08. The quantitative estimate of drug-likeness (QED) is 0.756. The highest BCUT2D eigenvalue weighted by Gasteiger charge is 2.05. The Morgan fingerprint density at radius 3 is 2.48 bits per heavy atom. The highest BCUT2D eigenvalue weighted by atomic mass is 32.1. The van der Waals surface area contributed by atoms with E-state index in [1.165, 1.54) is 0 Å². The van der Waals surface area contributed by atoms with Gasteiger partial charge in [0.05, 0.1) is 0 Å². The van der Waals surface area contributed by atoms with Gasteiger partial charge in [0.2, 0.25) is 0 Å². The van der Waals surface area contributed by atoms with Crippen LogP contribution in [0.15, 0.2) is 48.5 Å². The Balaban J connectivity index is 2.11. The van der Waals surface area contributed by atoms with E-state index in [4.69, 9.17) is 22.7 Å². The molecule has 0 saturated heterocycles. The normalized spacial score (nSPS) is 9.76. The summed E-state index contributed by atoms with van der Waals surface area (Å²) in [5, 5.41) is 5.61. The summed E-state index contributed by atoms with van der Waals surface area (Å²) >= 11 is 4.76. The molecule has 1 amide bonds. The lowest BCUT2D eigenvalue weighted by Crippen LogP contribution is -2.18. The molecular formula is C15H15N3O2S. The Kier molecular flexibility index (Phi) is 4.73. The Hall–Kier alpha value is -2.60. The molecule has 2 rings (SSSR count). The van der Waals surface area contributed by atoms with Gasteiger partial charge in [-0.05, 0) is 54.7 Å². The van der Waals surface area contributed by atoms with Crippen molar-refractivity contribution < 1.29 is 9.53 Å². The summed E-state index contributed by atoms with van der Waals surface area (Å²) in [7, 11) is 1.59. The minimum atomic E-state index is -0.156. The highest BCUT2D eigenvalue weighted by Crippen LogP contribution is 2.23. The molecule has 0 radical (unpaired) electrons. The van der Waals surface area contributed by atoms with Crippen LogP contribution in [0, 0.1) is 0 Å². The molecule has 5 nitrogen and oxygen atoms in total. The average molecular weight is 301 g/mol. The number of hydrogen-bond donors (Lipinski definition) is 3. The van der Waals surface area contributed by atoms with Crippen LogP contribution in [0.25, 0.3) is 0 Å². The van der Waals surface area contributed by atoms with E-state index in [-0.39, 0.29) is 11.0 Å². The summed E-state index contributed by atoms with van der Waals surface area (Å²) < 4.78 is 5.70. The summed E-state index contributed by atoms with van der Waals surface area (Å²) in [6, 6.07) is 14.1. The van der Waals surface area contributed by atoms with Crippen LogP contribution in [0.4, 0.5) is 5.69 Å². The lowest BCUT2D eigenvalue weighted by atomic mass is 10.2. The third-order valence-corrected chi connectivity index (χ3v) is 2.78. The standard InChI is InChI=1S/C15H15N3O2S/c1-17-14(19)10-3-2-4-13(9-10)20-12-7-5-11(6-8-12)18-15(16)21/h2-9H,1H3,(H,17,19)(H3,16,18,21). The fourth-order valence-corrected chi connectivity index (χ4v) is 1.85. The van der Waals surface area contributed by atoms with E-state index in [0.29, 0.717) is 17.1 Å². The van der Waals surface area contributed by atoms with Gasteiger partial charge in [0.25, 0.3) is 5.91 Å². The average Bonchev–Trinajstić information content (AvgIpc) is 2.48. The van der Waals surface area contributed by atoms with Gasteiger partial charge in [0.1, 0.15) is 11.5 Å². The maximum Gasteiger partial charge on any atom is 0.251 e. The molecule has 108 valence electrons. The topological polar surface area (TPSA) is 76.4 Å². The lowest BCUT2D eigenvalue weighted by molar-refractivity contribution is 0.0963. The van der Waals surface area contributed by atoms with E-state index in [2.05, 4.69) is 10.6 Å². The lowest BCUT2D eigenvalue weighted by Gasteiger charge is -2.08. The maximum atomic E-state index is 11.6. The van der Waals surface area contributed by atoms with Crippen molar-refractivity contribution in [2.24, 2.45) is 5.73 Å². The van der Waals surface area contributed by atoms with Crippen molar-refractivity contribution >= 4 is 28.9 Å². The third kappa shape index (κ3) is 4.19. The van der Waals surface area contributed by atoms with Crippen LogP contribution in [0.2, 0.25) is 0 Å². The van der Waals surface area contributed by atoms with Crippen LogP contribution in [0.1, 0.15) is 10.4 Å². The molecule has 0 fully saturated rings. The Morgan fingerprint density at radius 2 is 1.86 bits per heavy atom. The predicted octanol–water partition coefficient (Wildman–Crippen LogP) is 2.49. The van der Waals surface area contributed by atoms with Gasteiger partial charge < -0.3 is 21.1 Å². The molecule has 0 spiro atoms. The number of anilines is 1. The fraction of sp³-hybridized carbons (Fsp3) is 0.0667. The molecule has 0 saturated carbocycles. The van der Waals surface area contributed by atoms with Crippen LogP contribution in [-0.2, 0) is 0 Å². The van der Waals surface area contributed by atoms with Crippen LogP contribution in [0.5, 0.6) is 11.5 Å². The second-order valence-corrected chi connectivity index (χ2v) is 4.66. The molecule has 0 heterocycles. The van der Waals surface area contributed by atoms with Crippen molar-refractivity contribution in [2.45, 2.75) is 0 Å². The Bertz CT molecular complexity index is 656. The van der Waals surface area contributed by atoms with Crippen molar-refractivity contribution in [3.8, 4) is 11.5 Å². The van der Waals surface area contributed by atoms with Crippen molar-refractivity contribution in [2.75, 3.05) is 12.4 Å². The first-order valence-electron chi connectivity index (χ1n) is 6.25. The summed E-state index contributed by atoms with van der Waals surface area (Å²) in [5.41, 5.74) is 6.72. The number of benzene rings is 2. The number of nitrogens with two attached hydrogens (primary N) is 1. The molecule has 0 aliphatic heterocycles. The van der Waals surface area contributed by atoms with E-state index in [1.54, 1.807) is 55.6 Å². The van der Waals surface area contributed by atoms with Gasteiger partial charge in [-0.15, -0.1) is 0 Å². The maximum absolute atomic E-state index is 11.6. The number of amides is 1. The monoisotopic (exact) mass is 301 g/mol. The third-order valence-electron chi connectivity index (χ3n) is 2.68. The van der Waals surface area contributed by atoms with Crippen molar-refractivity contribution in [3.63, 3.8) is 0 Å². The minimum absolute atomic E-state index is 0.156. The van der Waals surface area contributed by atoms with Gasteiger partial charge in [-0.2, -0.15) is 0 Å². The Labute approximate surface area is 128 Å². The number of thiocarbonyl (C=S) groups is 1. The summed E-state index contributed by atoms with van der Waals surface area (Å²) in [6.07, 6.45) is 0. The number of carbonyl (C=O) groups excluding carboxylic acids is 1. The Morgan fingerprint density at radius 1 is 1.14 bits per heavy atom. The first-order chi connectivity index (χ1) is 10.1. The molecule has 0 unspecified atom stereocenters. The van der Waals surface area contributed by atoms with E-state index in [1.807, 2.05) is 0 Å². The van der Waals surface area contributed by atoms with E-state index < -0.39 is 0 Å². The molecule has 0 aliphatic carbocycles. The largest absolute Gasteiger partial charge is 0.457 e. The molecule has 2 aromatic rings. The zero-order valence-corrected chi connectivity index (χ0v) is 12.2. The number of ether oxygens (including phenoxy) is 1. The van der Waals surface area contributed by atoms with Gasteiger partial charge in [-0.3, -0.25) is 4.79 Å². The second-order valence-electron chi connectivity index (χ2n) is 4.22. The second kappa shape index (κ2) is 6.71. The first-order valence-corrected chi connectivity index (χ1v) is 6.66. The van der Waals surface area contributed by atoms with Crippen molar-refractivity contribution in [3.05, 3.63) is 54.1 Å². The molecule has 4 N–H and O–H groups in total. The van der Waals surface area contributed by atoms with E-state index >= 15 is 0 Å². The van der Waals surface area contributed by atoms with Crippen LogP contribution >= 0.6 is 12.2 Å². The number of carbonyl (C=O) groups is 1. The summed E-state index contributed by atoms with van der Waals surface area (Å²) in [4.78, 5) is 11.6. The molecule has 0 atom stereocenters. The first kappa shape index (κ1) is 14.8. The van der Waals surface area contributed by atoms with Crippen molar-refractivity contribution in [1.82, 2.24) is 5.32 Å². The zero-order chi connectivity index (χ0) is 15.2. The molecule has 2 aromatic carbocycles. The highest BCUT2D eigenvalue weighted by molar-refractivity contribution is 7.80. The van der Waals surface area contributed by atoms with Gasteiger partial charge in [0, 0.05) is 18.3 Å². The summed E-state index contributed by atoms with van der Waals surface area (Å²) in [6.45, 7) is 0. The predicted molar refractivity (Wildman–Crippen MR) is 86.8 cm³/mol. The van der Waals surface area contributed by atoms with Crippen LogP contribution in [0.3, 0.4) is 0 Å². The van der Waals surface area contributed by atoms with E-state index in [0.717, 1.165) is 5.69 Å². The van der Waals surface area contributed by atoms with Gasteiger partial charge in [0.15, 0.2) is 5.11 Å². The molecule has 0 aromatic heterocycles. The van der Waals surface area contributed by atoms with E-state index in [9.17, 15) is 4.79 Å². The van der Waals surface area contributed by atoms with Gasteiger partial charge in [-0.1, -0.05) is 6.07 Å².